The minimum atomic E-state index is -1.21. The number of nitrogens with two attached hydrogens (primary N) is 1. The van der Waals surface area contributed by atoms with Gasteiger partial charge < -0.3 is 10.8 Å². The van der Waals surface area contributed by atoms with Gasteiger partial charge in [-0.3, -0.25) is 9.48 Å². The van der Waals surface area contributed by atoms with Crippen LogP contribution >= 0.6 is 11.8 Å². The number of aromatic nitrogens is 2. The topological polar surface area (TPSA) is 81.1 Å². The number of carbonyl (C=O) groups is 1. The molecule has 0 aliphatic heterocycles. The third kappa shape index (κ3) is 2.97. The number of hydrogen-bond acceptors (Lipinski definition) is 4. The fourth-order valence-electron chi connectivity index (χ4n) is 1.01. The van der Waals surface area contributed by atoms with E-state index in [1.807, 2.05) is 20.0 Å². The number of thioether (sulfide) groups is 1. The van der Waals surface area contributed by atoms with Crippen molar-refractivity contribution in [3.05, 3.63) is 11.8 Å². The quantitative estimate of drug-likeness (QED) is 0.740. The van der Waals surface area contributed by atoms with Crippen molar-refractivity contribution in [2.75, 3.05) is 5.75 Å². The number of aliphatic carboxylic acids is 1. The molecule has 0 aliphatic rings. The summed E-state index contributed by atoms with van der Waals surface area (Å²) in [5.74, 6) is -0.671. The van der Waals surface area contributed by atoms with Gasteiger partial charge in [-0.05, 0) is 19.9 Å². The Morgan fingerprint density at radius 2 is 2.40 bits per heavy atom. The van der Waals surface area contributed by atoms with Crippen molar-refractivity contribution < 1.29 is 9.90 Å². The highest BCUT2D eigenvalue weighted by Gasteiger charge is 2.28. The van der Waals surface area contributed by atoms with E-state index in [-0.39, 0.29) is 0 Å². The molecule has 84 valence electrons. The molecule has 1 unspecified atom stereocenters. The number of rotatable bonds is 4. The fourth-order valence-corrected chi connectivity index (χ4v) is 2.06. The van der Waals surface area contributed by atoms with Gasteiger partial charge in [0.05, 0.1) is 10.7 Å². The van der Waals surface area contributed by atoms with E-state index in [0.29, 0.717) is 5.75 Å². The standard InChI is InChI=1S/C9H15N3O2S/c1-6-4-7(12(3)11-6)15-5-9(2,10)8(13)14/h4H,5,10H2,1-3H3,(H,13,14). The second-order valence-corrected chi connectivity index (χ2v) is 4.75. The van der Waals surface area contributed by atoms with Crippen LogP contribution in [0.5, 0.6) is 0 Å². The van der Waals surface area contributed by atoms with Crippen molar-refractivity contribution in [1.29, 1.82) is 0 Å². The van der Waals surface area contributed by atoms with E-state index in [1.165, 1.54) is 18.7 Å². The second-order valence-electron chi connectivity index (χ2n) is 3.76. The molecule has 0 spiro atoms. The minimum absolute atomic E-state index is 0.321. The fraction of sp³-hybridized carbons (Fsp3) is 0.556. The van der Waals surface area contributed by atoms with Crippen LogP contribution in [0.15, 0.2) is 11.1 Å². The smallest absolute Gasteiger partial charge is 0.324 e. The minimum Gasteiger partial charge on any atom is -0.480 e. The summed E-state index contributed by atoms with van der Waals surface area (Å²) < 4.78 is 1.72. The van der Waals surface area contributed by atoms with E-state index in [2.05, 4.69) is 5.10 Å². The molecular weight excluding hydrogens is 214 g/mol. The molecule has 0 bridgehead atoms. The van der Waals surface area contributed by atoms with Crippen molar-refractivity contribution in [2.24, 2.45) is 12.8 Å². The molecule has 0 aromatic carbocycles. The summed E-state index contributed by atoms with van der Waals surface area (Å²) >= 11 is 1.40. The maximum Gasteiger partial charge on any atom is 0.324 e. The van der Waals surface area contributed by atoms with Crippen LogP contribution in [0.3, 0.4) is 0 Å². The Labute approximate surface area is 92.6 Å². The lowest BCUT2D eigenvalue weighted by Crippen LogP contribution is -2.47. The van der Waals surface area contributed by atoms with Gasteiger partial charge in [0.25, 0.3) is 0 Å². The molecule has 0 saturated heterocycles. The average molecular weight is 229 g/mol. The molecule has 1 heterocycles. The maximum absolute atomic E-state index is 10.8. The predicted octanol–water partition coefficient (Wildman–Crippen LogP) is 0.623. The highest BCUT2D eigenvalue weighted by atomic mass is 32.2. The van der Waals surface area contributed by atoms with Crippen LogP contribution in [0.25, 0.3) is 0 Å². The van der Waals surface area contributed by atoms with Crippen molar-refractivity contribution in [1.82, 2.24) is 9.78 Å². The number of carboxylic acid groups (broad SMARTS) is 1. The molecule has 1 aromatic heterocycles. The molecule has 1 atom stereocenters. The highest BCUT2D eigenvalue weighted by Crippen LogP contribution is 2.21. The molecular formula is C9H15N3O2S. The molecule has 0 radical (unpaired) electrons. The summed E-state index contributed by atoms with van der Waals surface area (Å²) in [5.41, 5.74) is 5.32. The van der Waals surface area contributed by atoms with Crippen molar-refractivity contribution in [3.8, 4) is 0 Å². The van der Waals surface area contributed by atoms with Crippen LogP contribution in [0.1, 0.15) is 12.6 Å². The number of nitrogens with zero attached hydrogens (tertiary/aromatic N) is 2. The van der Waals surface area contributed by atoms with E-state index < -0.39 is 11.5 Å². The second kappa shape index (κ2) is 4.24. The Bertz CT molecular complexity index is 373. The van der Waals surface area contributed by atoms with Crippen LogP contribution in [0.2, 0.25) is 0 Å². The van der Waals surface area contributed by atoms with Gasteiger partial charge in [-0.15, -0.1) is 11.8 Å². The lowest BCUT2D eigenvalue weighted by molar-refractivity contribution is -0.141. The Morgan fingerprint density at radius 1 is 1.80 bits per heavy atom. The van der Waals surface area contributed by atoms with Crippen molar-refractivity contribution in [3.63, 3.8) is 0 Å². The van der Waals surface area contributed by atoms with E-state index in [0.717, 1.165) is 10.7 Å². The van der Waals surface area contributed by atoms with Crippen LogP contribution in [0, 0.1) is 6.92 Å². The van der Waals surface area contributed by atoms with Gasteiger partial charge in [-0.1, -0.05) is 0 Å². The third-order valence-corrected chi connectivity index (χ3v) is 3.39. The average Bonchev–Trinajstić information content (AvgIpc) is 2.41. The molecule has 0 amide bonds. The Hall–Kier alpha value is -1.01. The Balaban J connectivity index is 2.65. The van der Waals surface area contributed by atoms with Gasteiger partial charge in [-0.25, -0.2) is 0 Å². The van der Waals surface area contributed by atoms with Crippen molar-refractivity contribution in [2.45, 2.75) is 24.4 Å². The van der Waals surface area contributed by atoms with Gasteiger partial charge in [0.2, 0.25) is 0 Å². The zero-order valence-corrected chi connectivity index (χ0v) is 9.84. The van der Waals surface area contributed by atoms with Gasteiger partial charge in [0.15, 0.2) is 0 Å². The largest absolute Gasteiger partial charge is 0.480 e. The summed E-state index contributed by atoms with van der Waals surface area (Å²) in [6.45, 7) is 3.40. The van der Waals surface area contributed by atoms with Crippen LogP contribution < -0.4 is 5.73 Å². The number of aryl methyl sites for hydroxylation is 2. The molecule has 0 saturated carbocycles. The molecule has 5 nitrogen and oxygen atoms in total. The SMILES string of the molecule is Cc1cc(SCC(C)(N)C(=O)O)n(C)n1. The van der Waals surface area contributed by atoms with Crippen LogP contribution in [-0.2, 0) is 11.8 Å². The molecule has 15 heavy (non-hydrogen) atoms. The van der Waals surface area contributed by atoms with E-state index in [4.69, 9.17) is 10.8 Å². The monoisotopic (exact) mass is 229 g/mol. The lowest BCUT2D eigenvalue weighted by atomic mass is 10.1. The zero-order valence-electron chi connectivity index (χ0n) is 9.02. The predicted molar refractivity (Wildman–Crippen MR) is 58.9 cm³/mol. The van der Waals surface area contributed by atoms with Gasteiger partial charge in [0, 0.05) is 12.8 Å². The normalized spacial score (nSPS) is 14.9. The molecule has 1 rings (SSSR count). The first-order valence-corrected chi connectivity index (χ1v) is 5.47. The lowest BCUT2D eigenvalue weighted by Gasteiger charge is -2.17. The molecule has 3 N–H and O–H groups in total. The van der Waals surface area contributed by atoms with Crippen LogP contribution in [0.4, 0.5) is 0 Å². The number of carboxylic acids is 1. The summed E-state index contributed by atoms with van der Waals surface area (Å²) in [7, 11) is 1.82. The summed E-state index contributed by atoms with van der Waals surface area (Å²) in [6.07, 6.45) is 0. The van der Waals surface area contributed by atoms with Gasteiger partial charge >= 0.3 is 5.97 Å². The first kappa shape index (κ1) is 12.1. The molecule has 6 heteroatoms. The summed E-state index contributed by atoms with van der Waals surface area (Å²) in [6, 6.07) is 1.91. The zero-order chi connectivity index (χ0) is 11.6. The molecule has 1 aromatic rings. The summed E-state index contributed by atoms with van der Waals surface area (Å²) in [4.78, 5) is 10.8. The van der Waals surface area contributed by atoms with E-state index in [1.54, 1.807) is 4.68 Å². The highest BCUT2D eigenvalue weighted by molar-refractivity contribution is 7.99. The van der Waals surface area contributed by atoms with Crippen molar-refractivity contribution >= 4 is 17.7 Å². The summed E-state index contributed by atoms with van der Waals surface area (Å²) in [5, 5.41) is 13.9. The Morgan fingerprint density at radius 3 is 2.80 bits per heavy atom. The first-order valence-electron chi connectivity index (χ1n) is 4.48. The van der Waals surface area contributed by atoms with Gasteiger partial charge in [-0.2, -0.15) is 5.10 Å². The maximum atomic E-state index is 10.8. The first-order chi connectivity index (χ1) is 6.83. The third-order valence-electron chi connectivity index (χ3n) is 1.97. The Kier molecular flexibility index (Phi) is 3.41. The van der Waals surface area contributed by atoms with E-state index >= 15 is 0 Å². The molecule has 0 aliphatic carbocycles. The number of hydrogen-bond donors (Lipinski definition) is 2. The van der Waals surface area contributed by atoms with Crippen LogP contribution in [-0.4, -0.2) is 32.1 Å². The molecule has 0 fully saturated rings. The van der Waals surface area contributed by atoms with E-state index in [9.17, 15) is 4.79 Å². The van der Waals surface area contributed by atoms with Gasteiger partial charge in [0.1, 0.15) is 5.54 Å².